The van der Waals surface area contributed by atoms with Crippen LogP contribution in [-0.4, -0.2) is 23.5 Å². The van der Waals surface area contributed by atoms with E-state index in [-0.39, 0.29) is 16.7 Å². The average Bonchev–Trinajstić information content (AvgIpc) is 2.98. The van der Waals surface area contributed by atoms with Gasteiger partial charge >= 0.3 is 5.97 Å². The van der Waals surface area contributed by atoms with E-state index in [1.807, 2.05) is 4.90 Å². The van der Waals surface area contributed by atoms with E-state index in [1.165, 1.54) is 29.2 Å². The Morgan fingerprint density at radius 2 is 1.63 bits per heavy atom. The molecule has 1 aliphatic heterocycles. The molecule has 0 unspecified atom stereocenters. The smallest absolute Gasteiger partial charge is 0.328 e. The quantitative estimate of drug-likeness (QED) is 0.631. The molecule has 144 valence electrons. The predicted molar refractivity (Wildman–Crippen MR) is 108 cm³/mol. The minimum atomic E-state index is -1.01. The summed E-state index contributed by atoms with van der Waals surface area (Å²) in [6.07, 6.45) is 7.31. The van der Waals surface area contributed by atoms with Crippen LogP contribution in [0, 0.1) is 0 Å². The number of carbonyl (C=O) groups is 2. The summed E-state index contributed by atoms with van der Waals surface area (Å²) < 4.78 is 0. The lowest BCUT2D eigenvalue weighted by atomic mass is 9.63. The summed E-state index contributed by atoms with van der Waals surface area (Å²) in [4.78, 5) is 25.3. The highest BCUT2D eigenvalue weighted by Gasteiger charge is 2.39. The molecule has 1 aromatic rings. The lowest BCUT2D eigenvalue weighted by molar-refractivity contribution is -0.131. The Labute approximate surface area is 161 Å². The normalized spacial score (nSPS) is 20.5. The number of carboxylic acid groups (broad SMARTS) is 1. The van der Waals surface area contributed by atoms with E-state index in [4.69, 9.17) is 5.11 Å². The van der Waals surface area contributed by atoms with E-state index in [0.717, 1.165) is 24.6 Å². The molecule has 0 fully saturated rings. The maximum absolute atomic E-state index is 12.7. The molecule has 0 aromatic heterocycles. The molecule has 0 spiro atoms. The first kappa shape index (κ1) is 19.4. The molecule has 3 rings (SSSR count). The number of anilines is 1. The van der Waals surface area contributed by atoms with Gasteiger partial charge in [-0.1, -0.05) is 39.8 Å². The summed E-state index contributed by atoms with van der Waals surface area (Å²) in [6.45, 7) is 11.5. The van der Waals surface area contributed by atoms with Gasteiger partial charge in [-0.05, 0) is 65.3 Å². The Bertz CT molecular complexity index is 859. The van der Waals surface area contributed by atoms with Crippen LogP contribution in [0.2, 0.25) is 0 Å². The van der Waals surface area contributed by atoms with Crippen LogP contribution >= 0.6 is 0 Å². The zero-order valence-corrected chi connectivity index (χ0v) is 16.9. The molecule has 4 nitrogen and oxygen atoms in total. The van der Waals surface area contributed by atoms with Gasteiger partial charge in [-0.15, -0.1) is 0 Å². The summed E-state index contributed by atoms with van der Waals surface area (Å²) in [7, 11) is 0. The standard InChI is InChI=1S/C23H29NO3/c1-15(12-21(26)27)6-7-20(25)24-11-8-16-13-17-18(14-19(16)24)23(4,5)10-9-22(17,2)3/h6-7,12-14H,8-11H2,1-5H3,(H,26,27). The third-order valence-electron chi connectivity index (χ3n) is 6.05. The second-order valence-electron chi connectivity index (χ2n) is 9.09. The number of hydrogen-bond donors (Lipinski definition) is 1. The SMILES string of the molecule is CC(C=CC(=O)N1CCc2cc3c(cc21)C(C)(C)CCC3(C)C)=CC(=O)O. The molecule has 0 atom stereocenters. The molecule has 1 aliphatic carbocycles. The Hall–Kier alpha value is -2.36. The average molecular weight is 367 g/mol. The van der Waals surface area contributed by atoms with E-state index < -0.39 is 5.97 Å². The molecule has 1 N–H and O–H groups in total. The molecule has 0 saturated carbocycles. The first-order chi connectivity index (χ1) is 12.5. The van der Waals surface area contributed by atoms with Gasteiger partial charge in [-0.25, -0.2) is 4.79 Å². The van der Waals surface area contributed by atoms with Crippen LogP contribution in [0.4, 0.5) is 5.69 Å². The fourth-order valence-corrected chi connectivity index (χ4v) is 4.22. The number of fused-ring (bicyclic) bond motifs is 2. The van der Waals surface area contributed by atoms with Crippen LogP contribution in [-0.2, 0) is 26.8 Å². The molecular formula is C23H29NO3. The monoisotopic (exact) mass is 367 g/mol. The predicted octanol–water partition coefficient (Wildman–Crippen LogP) is 4.51. The Morgan fingerprint density at radius 1 is 1.04 bits per heavy atom. The van der Waals surface area contributed by atoms with Crippen LogP contribution in [0.5, 0.6) is 0 Å². The van der Waals surface area contributed by atoms with Gasteiger partial charge in [0.05, 0.1) is 0 Å². The van der Waals surface area contributed by atoms with Gasteiger partial charge in [-0.3, -0.25) is 4.79 Å². The van der Waals surface area contributed by atoms with Gasteiger partial charge in [0.2, 0.25) is 0 Å². The maximum Gasteiger partial charge on any atom is 0.328 e. The number of benzene rings is 1. The maximum atomic E-state index is 12.7. The highest BCUT2D eigenvalue weighted by atomic mass is 16.4. The van der Waals surface area contributed by atoms with E-state index in [2.05, 4.69) is 39.8 Å². The van der Waals surface area contributed by atoms with Crippen molar-refractivity contribution in [1.82, 2.24) is 0 Å². The molecule has 0 bridgehead atoms. The largest absolute Gasteiger partial charge is 0.478 e. The van der Waals surface area contributed by atoms with E-state index in [0.29, 0.717) is 12.1 Å². The van der Waals surface area contributed by atoms with Crippen molar-refractivity contribution >= 4 is 17.6 Å². The second-order valence-corrected chi connectivity index (χ2v) is 9.09. The van der Waals surface area contributed by atoms with Gasteiger partial charge in [0.15, 0.2) is 0 Å². The first-order valence-corrected chi connectivity index (χ1v) is 9.60. The molecule has 1 heterocycles. The van der Waals surface area contributed by atoms with Gasteiger partial charge in [0.25, 0.3) is 5.91 Å². The van der Waals surface area contributed by atoms with Crippen LogP contribution in [0.25, 0.3) is 0 Å². The van der Waals surface area contributed by atoms with Gasteiger partial charge in [-0.2, -0.15) is 0 Å². The molecule has 4 heteroatoms. The van der Waals surface area contributed by atoms with E-state index in [9.17, 15) is 9.59 Å². The highest BCUT2D eigenvalue weighted by molar-refractivity contribution is 6.03. The van der Waals surface area contributed by atoms with Crippen molar-refractivity contribution in [3.8, 4) is 0 Å². The fourth-order valence-electron chi connectivity index (χ4n) is 4.22. The zero-order valence-electron chi connectivity index (χ0n) is 16.9. The van der Waals surface area contributed by atoms with Crippen LogP contribution in [0.1, 0.15) is 64.2 Å². The van der Waals surface area contributed by atoms with Crippen molar-refractivity contribution in [2.75, 3.05) is 11.4 Å². The number of allylic oxidation sites excluding steroid dienone is 2. The van der Waals surface area contributed by atoms with Crippen molar-refractivity contribution in [3.05, 3.63) is 52.6 Å². The minimum absolute atomic E-state index is 0.0975. The summed E-state index contributed by atoms with van der Waals surface area (Å²) in [5, 5.41) is 8.79. The van der Waals surface area contributed by atoms with Crippen molar-refractivity contribution in [3.63, 3.8) is 0 Å². The molecule has 2 aliphatic rings. The Morgan fingerprint density at radius 3 is 2.22 bits per heavy atom. The van der Waals surface area contributed by atoms with Gasteiger partial charge in [0.1, 0.15) is 0 Å². The van der Waals surface area contributed by atoms with Gasteiger partial charge < -0.3 is 10.0 Å². The number of rotatable bonds is 3. The molecule has 1 amide bonds. The molecule has 27 heavy (non-hydrogen) atoms. The summed E-state index contributed by atoms with van der Waals surface area (Å²) in [5.74, 6) is -1.10. The summed E-state index contributed by atoms with van der Waals surface area (Å²) in [5.41, 5.74) is 5.83. The lowest BCUT2D eigenvalue weighted by Crippen LogP contribution is -2.34. The van der Waals surface area contributed by atoms with Crippen molar-refractivity contribution < 1.29 is 14.7 Å². The number of amides is 1. The molecular weight excluding hydrogens is 338 g/mol. The number of carbonyl (C=O) groups excluding carboxylic acids is 1. The minimum Gasteiger partial charge on any atom is -0.478 e. The van der Waals surface area contributed by atoms with Crippen LogP contribution < -0.4 is 4.90 Å². The lowest BCUT2D eigenvalue weighted by Gasteiger charge is -2.42. The van der Waals surface area contributed by atoms with Crippen molar-refractivity contribution in [2.24, 2.45) is 0 Å². The fraction of sp³-hybridized carbons (Fsp3) is 0.478. The number of hydrogen-bond acceptors (Lipinski definition) is 2. The third kappa shape index (κ3) is 3.71. The Kier molecular flexibility index (Phi) is 4.79. The number of aliphatic carboxylic acids is 1. The molecule has 0 radical (unpaired) electrons. The Balaban J connectivity index is 1.95. The molecule has 0 saturated heterocycles. The third-order valence-corrected chi connectivity index (χ3v) is 6.05. The highest BCUT2D eigenvalue weighted by Crippen LogP contribution is 2.48. The first-order valence-electron chi connectivity index (χ1n) is 9.60. The second kappa shape index (κ2) is 6.66. The topological polar surface area (TPSA) is 57.6 Å². The van der Waals surface area contributed by atoms with E-state index >= 15 is 0 Å². The number of nitrogens with zero attached hydrogens (tertiary/aromatic N) is 1. The zero-order chi connectivity index (χ0) is 20.0. The van der Waals surface area contributed by atoms with Crippen LogP contribution in [0.3, 0.4) is 0 Å². The van der Waals surface area contributed by atoms with Crippen molar-refractivity contribution in [2.45, 2.75) is 64.7 Å². The summed E-state index contributed by atoms with van der Waals surface area (Å²) in [6, 6.07) is 4.54. The molecule has 1 aromatic carbocycles. The number of carboxylic acids is 1. The summed E-state index contributed by atoms with van der Waals surface area (Å²) >= 11 is 0. The van der Waals surface area contributed by atoms with E-state index in [1.54, 1.807) is 13.0 Å². The van der Waals surface area contributed by atoms with Crippen LogP contribution in [0.15, 0.2) is 35.9 Å². The van der Waals surface area contributed by atoms with Crippen molar-refractivity contribution in [1.29, 1.82) is 0 Å². The van der Waals surface area contributed by atoms with Gasteiger partial charge in [0, 0.05) is 24.4 Å².